The Kier molecular flexibility index (Phi) is 7.01. The molecule has 7 nitrogen and oxygen atoms in total. The molecule has 0 aliphatic heterocycles. The molecule has 12 heteroatoms. The molecule has 3 rings (SSSR count). The van der Waals surface area contributed by atoms with Crippen molar-refractivity contribution in [3.05, 3.63) is 93.2 Å². The van der Waals surface area contributed by atoms with Crippen LogP contribution in [0.3, 0.4) is 0 Å². The quantitative estimate of drug-likeness (QED) is 0.503. The van der Waals surface area contributed by atoms with Gasteiger partial charge in [0.1, 0.15) is 5.82 Å². The number of aromatic nitrogens is 2. The third kappa shape index (κ3) is 5.39. The number of aliphatic hydroxyl groups is 1. The van der Waals surface area contributed by atoms with Crippen molar-refractivity contribution in [2.24, 2.45) is 5.73 Å². The number of primary amides is 1. The first-order valence-electron chi connectivity index (χ1n) is 9.76. The Morgan fingerprint density at radius 2 is 1.88 bits per heavy atom. The normalized spacial score (nSPS) is 13.4. The Labute approximate surface area is 189 Å². The van der Waals surface area contributed by atoms with Gasteiger partial charge in [-0.2, -0.15) is 0 Å². The minimum atomic E-state index is -5.16. The summed E-state index contributed by atoms with van der Waals surface area (Å²) in [6.45, 7) is 1.00. The Morgan fingerprint density at radius 3 is 2.44 bits per heavy atom. The smallest absolute Gasteiger partial charge is 0.403 e. The molecule has 180 valence electrons. The van der Waals surface area contributed by atoms with Crippen molar-refractivity contribution in [2.45, 2.75) is 31.9 Å². The van der Waals surface area contributed by atoms with Crippen LogP contribution in [0.4, 0.5) is 22.0 Å². The van der Waals surface area contributed by atoms with Crippen molar-refractivity contribution in [2.75, 3.05) is 0 Å². The molecule has 0 aliphatic carbocycles. The van der Waals surface area contributed by atoms with E-state index >= 15 is 0 Å². The van der Waals surface area contributed by atoms with Crippen LogP contribution in [0.1, 0.15) is 40.2 Å². The minimum absolute atomic E-state index is 0.155. The molecular weight excluding hydrogens is 465 g/mol. The summed E-state index contributed by atoms with van der Waals surface area (Å²) in [6.07, 6.45) is -5.06. The molecule has 3 aromatic rings. The first-order valence-corrected chi connectivity index (χ1v) is 9.76. The van der Waals surface area contributed by atoms with Crippen molar-refractivity contribution in [1.82, 2.24) is 9.55 Å². The number of hydrogen-bond donors (Lipinski definition) is 2. The van der Waals surface area contributed by atoms with E-state index < -0.39 is 47.2 Å². The molecule has 0 saturated carbocycles. The van der Waals surface area contributed by atoms with Gasteiger partial charge in [0, 0.05) is 18.0 Å². The topological polar surface area (TPSA) is 107 Å². The zero-order valence-corrected chi connectivity index (χ0v) is 17.5. The highest BCUT2D eigenvalue weighted by Crippen LogP contribution is 2.36. The van der Waals surface area contributed by atoms with Gasteiger partial charge in [-0.05, 0) is 42.8 Å². The van der Waals surface area contributed by atoms with E-state index in [1.54, 1.807) is 0 Å². The van der Waals surface area contributed by atoms with Crippen molar-refractivity contribution >= 4 is 5.91 Å². The first-order chi connectivity index (χ1) is 15.9. The number of benzene rings is 1. The average Bonchev–Trinajstić information content (AvgIpc) is 2.72. The number of rotatable bonds is 7. The van der Waals surface area contributed by atoms with Gasteiger partial charge in [-0.3, -0.25) is 14.6 Å². The molecule has 3 N–H and O–H groups in total. The largest absolute Gasteiger partial charge is 0.573 e. The molecule has 0 unspecified atom stereocenters. The summed E-state index contributed by atoms with van der Waals surface area (Å²) < 4.78 is 71.7. The van der Waals surface area contributed by atoms with Crippen molar-refractivity contribution in [1.29, 1.82) is 0 Å². The minimum Gasteiger partial charge on any atom is -0.403 e. The summed E-state index contributed by atoms with van der Waals surface area (Å²) in [4.78, 5) is 28.8. The maximum absolute atomic E-state index is 14.9. The van der Waals surface area contributed by atoms with Crippen LogP contribution in [0.5, 0.6) is 5.75 Å². The molecule has 0 fully saturated rings. The van der Waals surface area contributed by atoms with E-state index in [0.717, 1.165) is 28.8 Å². The van der Waals surface area contributed by atoms with Gasteiger partial charge in [0.05, 0.1) is 29.8 Å². The van der Waals surface area contributed by atoms with Gasteiger partial charge in [-0.25, -0.2) is 8.78 Å². The summed E-state index contributed by atoms with van der Waals surface area (Å²) in [5.41, 5.74) is 3.78. The second-order valence-corrected chi connectivity index (χ2v) is 7.34. The average molecular weight is 483 g/mol. The molecule has 2 atom stereocenters. The zero-order valence-electron chi connectivity index (χ0n) is 17.5. The lowest BCUT2D eigenvalue weighted by Gasteiger charge is -2.25. The summed E-state index contributed by atoms with van der Waals surface area (Å²) in [5, 5.41) is 9.90. The van der Waals surface area contributed by atoms with Crippen molar-refractivity contribution in [3.63, 3.8) is 0 Å². The maximum Gasteiger partial charge on any atom is 0.573 e. The van der Waals surface area contributed by atoms with E-state index in [1.807, 2.05) is 0 Å². The number of carbonyl (C=O) groups excluding carboxylic acids is 1. The lowest BCUT2D eigenvalue weighted by atomic mass is 9.87. The molecule has 0 spiro atoms. The molecule has 0 radical (unpaired) electrons. The van der Waals surface area contributed by atoms with Gasteiger partial charge in [-0.1, -0.05) is 6.07 Å². The predicted octanol–water partition coefficient (Wildman–Crippen LogP) is 3.08. The number of pyridine rings is 2. The molecule has 1 amide bonds. The van der Waals surface area contributed by atoms with Crippen LogP contribution >= 0.6 is 0 Å². The third-order valence-electron chi connectivity index (χ3n) is 4.79. The number of aliphatic hydroxyl groups excluding tert-OH is 1. The van der Waals surface area contributed by atoms with Gasteiger partial charge in [0.2, 0.25) is 0 Å². The summed E-state index contributed by atoms with van der Waals surface area (Å²) in [7, 11) is 0. The van der Waals surface area contributed by atoms with Gasteiger partial charge < -0.3 is 20.1 Å². The second-order valence-electron chi connectivity index (χ2n) is 7.34. The summed E-state index contributed by atoms with van der Waals surface area (Å²) in [5.74, 6) is -5.96. The van der Waals surface area contributed by atoms with Crippen LogP contribution in [0.15, 0.2) is 53.5 Å². The zero-order chi connectivity index (χ0) is 25.2. The summed E-state index contributed by atoms with van der Waals surface area (Å²) >= 11 is 0. The van der Waals surface area contributed by atoms with E-state index in [0.29, 0.717) is 12.1 Å². The van der Waals surface area contributed by atoms with Crippen LogP contribution in [0.25, 0.3) is 0 Å². The lowest BCUT2D eigenvalue weighted by molar-refractivity contribution is -0.275. The van der Waals surface area contributed by atoms with Gasteiger partial charge >= 0.3 is 6.36 Å². The fourth-order valence-corrected chi connectivity index (χ4v) is 3.53. The molecule has 0 aliphatic rings. The Hall–Kier alpha value is -3.80. The van der Waals surface area contributed by atoms with Crippen LogP contribution in [-0.2, 0) is 6.54 Å². The number of halogens is 5. The van der Waals surface area contributed by atoms with E-state index in [4.69, 9.17) is 5.73 Å². The fraction of sp³-hybridized carbons (Fsp3) is 0.227. The van der Waals surface area contributed by atoms with Gasteiger partial charge in [0.15, 0.2) is 11.6 Å². The number of amides is 1. The second kappa shape index (κ2) is 9.59. The molecule has 0 saturated heterocycles. The van der Waals surface area contributed by atoms with Crippen LogP contribution in [-0.4, -0.2) is 33.0 Å². The van der Waals surface area contributed by atoms with E-state index in [2.05, 4.69) is 9.72 Å². The standard InChI is InChI=1S/C22H18F5N3O4/c1-11(31)10-30-17(32)7-5-13(21(28)33)20(30)18(19-14(23)3-2-8-29-19)12-4-6-16(15(24)9-12)34-22(25,26)27/h2-9,11,18,31H,10H2,1H3,(H2,28,33)/t11-,18+/m0/s1. The molecule has 1 aromatic carbocycles. The monoisotopic (exact) mass is 483 g/mol. The van der Waals surface area contributed by atoms with Crippen molar-refractivity contribution < 1.29 is 36.6 Å². The Morgan fingerprint density at radius 1 is 1.18 bits per heavy atom. The predicted molar refractivity (Wildman–Crippen MR) is 109 cm³/mol. The Bertz CT molecular complexity index is 1270. The SMILES string of the molecule is C[C@H](O)Cn1c([C@H](c2ccc(OC(F)(F)F)c(F)c2)c2ncccc2F)c(C(N)=O)ccc1=O. The van der Waals surface area contributed by atoms with E-state index in [9.17, 15) is 36.6 Å². The maximum atomic E-state index is 14.9. The number of nitrogens with zero attached hydrogens (tertiary/aromatic N) is 2. The highest BCUT2D eigenvalue weighted by Gasteiger charge is 2.34. The van der Waals surface area contributed by atoms with Gasteiger partial charge in [0.25, 0.3) is 11.5 Å². The molecule has 2 aromatic heterocycles. The first kappa shape index (κ1) is 24.8. The molecular formula is C22H18F5N3O4. The fourth-order valence-electron chi connectivity index (χ4n) is 3.53. The van der Waals surface area contributed by atoms with Crippen molar-refractivity contribution in [3.8, 4) is 5.75 Å². The molecule has 34 heavy (non-hydrogen) atoms. The molecule has 2 heterocycles. The van der Waals surface area contributed by atoms with Crippen LogP contribution in [0.2, 0.25) is 0 Å². The van der Waals surface area contributed by atoms with E-state index in [-0.39, 0.29) is 29.1 Å². The van der Waals surface area contributed by atoms with Crippen LogP contribution < -0.4 is 16.0 Å². The summed E-state index contributed by atoms with van der Waals surface area (Å²) in [6, 6.07) is 6.72. The number of alkyl halides is 3. The number of hydrogen-bond acceptors (Lipinski definition) is 5. The highest BCUT2D eigenvalue weighted by atomic mass is 19.4. The van der Waals surface area contributed by atoms with Crippen LogP contribution in [0, 0.1) is 11.6 Å². The van der Waals surface area contributed by atoms with E-state index in [1.165, 1.54) is 19.2 Å². The number of nitrogens with two attached hydrogens (primary N) is 1. The Balaban J connectivity index is 2.36. The highest BCUT2D eigenvalue weighted by molar-refractivity contribution is 5.94. The third-order valence-corrected chi connectivity index (χ3v) is 4.79. The number of ether oxygens (including phenoxy) is 1. The van der Waals surface area contributed by atoms with Gasteiger partial charge in [-0.15, -0.1) is 13.2 Å². The molecule has 0 bridgehead atoms. The number of carbonyl (C=O) groups is 1. The lowest BCUT2D eigenvalue weighted by Crippen LogP contribution is -2.33.